The van der Waals surface area contributed by atoms with Crippen LogP contribution < -0.4 is 11.0 Å². The molecule has 5 heteroatoms. The van der Waals surface area contributed by atoms with E-state index < -0.39 is 0 Å². The van der Waals surface area contributed by atoms with Crippen LogP contribution in [0, 0.1) is 5.41 Å². The van der Waals surface area contributed by atoms with Crippen molar-refractivity contribution in [2.75, 3.05) is 12.3 Å². The van der Waals surface area contributed by atoms with Gasteiger partial charge < -0.3 is 11.0 Å². The average Bonchev–Trinajstić information content (AvgIpc) is 2.92. The molecule has 0 saturated carbocycles. The van der Waals surface area contributed by atoms with E-state index in [1.807, 2.05) is 16.6 Å². The average molecular weight is 258 g/mol. The smallest absolute Gasteiger partial charge is 0.151 e. The molecule has 2 aromatic heterocycles. The van der Waals surface area contributed by atoms with Gasteiger partial charge in [-0.15, -0.1) is 0 Å². The van der Waals surface area contributed by atoms with E-state index in [1.165, 1.54) is 6.33 Å². The molecule has 0 amide bonds. The van der Waals surface area contributed by atoms with Gasteiger partial charge in [-0.3, -0.25) is 0 Å². The molecule has 3 rings (SSSR count). The Kier molecular flexibility index (Phi) is 2.35. The second-order valence-corrected chi connectivity index (χ2v) is 5.95. The molecule has 0 aromatic carbocycles. The SMILES string of the molecule is [2H]N1CC=C(c2ccc3c(N)ncnn23)C1C(C)(C)C. The topological polar surface area (TPSA) is 68.2 Å². The summed E-state index contributed by atoms with van der Waals surface area (Å²) in [6.07, 6.45) is 3.56. The third-order valence-corrected chi connectivity index (χ3v) is 3.49. The molecule has 0 spiro atoms. The minimum atomic E-state index is -0.0210. The number of nitrogens with two attached hydrogens (primary N) is 1. The minimum Gasteiger partial charge on any atom is -0.382 e. The first-order valence-electron chi connectivity index (χ1n) is 6.88. The first-order chi connectivity index (χ1) is 9.39. The molecule has 5 nitrogen and oxygen atoms in total. The minimum absolute atomic E-state index is 0.0210. The van der Waals surface area contributed by atoms with Crippen molar-refractivity contribution in [2.24, 2.45) is 5.41 Å². The Balaban J connectivity index is 2.14. The van der Waals surface area contributed by atoms with E-state index in [0.29, 0.717) is 12.4 Å². The number of anilines is 1. The highest BCUT2D eigenvalue weighted by Crippen LogP contribution is 2.34. The highest BCUT2D eigenvalue weighted by molar-refractivity contribution is 5.76. The van der Waals surface area contributed by atoms with E-state index in [0.717, 1.165) is 16.8 Å². The summed E-state index contributed by atoms with van der Waals surface area (Å²) in [7, 11) is 0. The van der Waals surface area contributed by atoms with Gasteiger partial charge in [0.05, 0.1) is 5.69 Å². The predicted octanol–water partition coefficient (Wildman–Crippen LogP) is 1.71. The van der Waals surface area contributed by atoms with Gasteiger partial charge >= 0.3 is 0 Å². The first kappa shape index (κ1) is 11.0. The lowest BCUT2D eigenvalue weighted by atomic mass is 9.82. The predicted molar refractivity (Wildman–Crippen MR) is 76.6 cm³/mol. The number of rotatable bonds is 1. The second-order valence-electron chi connectivity index (χ2n) is 5.95. The van der Waals surface area contributed by atoms with Crippen molar-refractivity contribution in [3.05, 3.63) is 30.2 Å². The fourth-order valence-electron chi connectivity index (χ4n) is 2.62. The first-order valence-corrected chi connectivity index (χ1v) is 6.44. The lowest BCUT2D eigenvalue weighted by molar-refractivity contribution is 0.338. The number of fused-ring (bicyclic) bond motifs is 1. The van der Waals surface area contributed by atoms with Crippen LogP contribution >= 0.6 is 0 Å². The second kappa shape index (κ2) is 4.06. The van der Waals surface area contributed by atoms with Crippen molar-refractivity contribution >= 4 is 16.9 Å². The highest BCUT2D eigenvalue weighted by Gasteiger charge is 2.32. The van der Waals surface area contributed by atoms with Crippen LogP contribution in [0.1, 0.15) is 26.5 Å². The number of nitrogens with one attached hydrogen (secondary N) is 1. The monoisotopic (exact) mass is 258 g/mol. The van der Waals surface area contributed by atoms with E-state index in [9.17, 15) is 0 Å². The third kappa shape index (κ3) is 1.90. The number of aromatic nitrogens is 3. The van der Waals surface area contributed by atoms with Crippen LogP contribution in [-0.2, 0) is 0 Å². The fourth-order valence-corrected chi connectivity index (χ4v) is 2.62. The van der Waals surface area contributed by atoms with Crippen LogP contribution in [0.2, 0.25) is 1.41 Å². The van der Waals surface area contributed by atoms with Gasteiger partial charge in [-0.1, -0.05) is 26.8 Å². The lowest BCUT2D eigenvalue weighted by Gasteiger charge is -2.29. The van der Waals surface area contributed by atoms with Gasteiger partial charge in [-0.25, -0.2) is 9.50 Å². The Morgan fingerprint density at radius 2 is 2.26 bits per heavy atom. The molecular formula is C14H19N5. The quantitative estimate of drug-likeness (QED) is 0.817. The Labute approximate surface area is 114 Å². The molecule has 1 unspecified atom stereocenters. The zero-order chi connectivity index (χ0) is 14.5. The van der Waals surface area contributed by atoms with Gasteiger partial charge in [0.25, 0.3) is 0 Å². The van der Waals surface area contributed by atoms with Gasteiger partial charge in [0.1, 0.15) is 13.3 Å². The summed E-state index contributed by atoms with van der Waals surface area (Å²) in [5.41, 5.74) is 8.78. The van der Waals surface area contributed by atoms with Crippen LogP contribution in [-0.4, -0.2) is 27.2 Å². The molecule has 3 N–H and O–H groups in total. The molecule has 100 valence electrons. The van der Waals surface area contributed by atoms with Crippen LogP contribution in [0.4, 0.5) is 5.82 Å². The summed E-state index contributed by atoms with van der Waals surface area (Å²) in [5.74, 6) is 0.472. The molecule has 0 fully saturated rings. The summed E-state index contributed by atoms with van der Waals surface area (Å²) in [4.78, 5) is 4.01. The van der Waals surface area contributed by atoms with Crippen molar-refractivity contribution in [1.82, 2.24) is 19.9 Å². The molecule has 1 aliphatic heterocycles. The largest absolute Gasteiger partial charge is 0.382 e. The molecule has 3 heterocycles. The molecule has 0 aliphatic carbocycles. The Morgan fingerprint density at radius 1 is 1.47 bits per heavy atom. The molecule has 0 saturated heterocycles. The normalized spacial score (nSPS) is 21.7. The number of nitrogens with zero attached hydrogens (tertiary/aromatic N) is 3. The summed E-state index contributed by atoms with van der Waals surface area (Å²) >= 11 is 0. The molecule has 2 aromatic rings. The van der Waals surface area contributed by atoms with Gasteiger partial charge in [0.15, 0.2) is 5.82 Å². The van der Waals surface area contributed by atoms with Crippen molar-refractivity contribution in [3.8, 4) is 0 Å². The summed E-state index contributed by atoms with van der Waals surface area (Å²) in [6.45, 7) is 7.08. The van der Waals surface area contributed by atoms with Gasteiger partial charge in [-0.05, 0) is 23.1 Å². The standard InChI is InChI=1S/C14H19N5/c1-14(2,3)12-9(6-7-16-12)10-4-5-11-13(15)17-8-18-19(10)11/h4-6,8,12,16H,7H2,1-3H3,(H2,15,17,18)/i/hD. The van der Waals surface area contributed by atoms with E-state index in [2.05, 4.69) is 36.9 Å². The van der Waals surface area contributed by atoms with Crippen molar-refractivity contribution in [1.29, 1.82) is 0 Å². The third-order valence-electron chi connectivity index (χ3n) is 3.49. The summed E-state index contributed by atoms with van der Waals surface area (Å²) < 4.78 is 9.95. The number of hydrogen-bond acceptors (Lipinski definition) is 4. The molecule has 0 bridgehead atoms. The van der Waals surface area contributed by atoms with Crippen molar-refractivity contribution in [2.45, 2.75) is 26.8 Å². The lowest BCUT2D eigenvalue weighted by Crippen LogP contribution is -2.37. The maximum Gasteiger partial charge on any atom is 0.151 e. The van der Waals surface area contributed by atoms with Gasteiger partial charge in [0, 0.05) is 12.6 Å². The maximum atomic E-state index is 8.14. The highest BCUT2D eigenvalue weighted by atomic mass is 15.3. The van der Waals surface area contributed by atoms with E-state index in [-0.39, 0.29) is 11.5 Å². The van der Waals surface area contributed by atoms with Gasteiger partial charge in [-0.2, -0.15) is 5.10 Å². The molecule has 1 atom stereocenters. The maximum absolute atomic E-state index is 8.14. The van der Waals surface area contributed by atoms with Crippen molar-refractivity contribution < 1.29 is 1.41 Å². The zero-order valence-electron chi connectivity index (χ0n) is 12.5. The summed E-state index contributed by atoms with van der Waals surface area (Å²) in [5, 5.41) is 5.92. The van der Waals surface area contributed by atoms with Crippen LogP contribution in [0.25, 0.3) is 11.1 Å². The van der Waals surface area contributed by atoms with Gasteiger partial charge in [0.2, 0.25) is 0 Å². The Bertz CT molecular complexity index is 682. The van der Waals surface area contributed by atoms with Crippen LogP contribution in [0.5, 0.6) is 0 Å². The van der Waals surface area contributed by atoms with E-state index in [4.69, 9.17) is 7.15 Å². The Hall–Kier alpha value is -1.88. The molecular weight excluding hydrogens is 238 g/mol. The fraction of sp³-hybridized carbons (Fsp3) is 0.429. The molecule has 19 heavy (non-hydrogen) atoms. The number of hydrogen-bond donors (Lipinski definition) is 2. The van der Waals surface area contributed by atoms with E-state index >= 15 is 0 Å². The Morgan fingerprint density at radius 3 is 3.00 bits per heavy atom. The van der Waals surface area contributed by atoms with Crippen LogP contribution in [0.3, 0.4) is 0 Å². The van der Waals surface area contributed by atoms with Crippen molar-refractivity contribution in [3.63, 3.8) is 0 Å². The molecule has 0 radical (unpaired) electrons. The summed E-state index contributed by atoms with van der Waals surface area (Å²) in [6, 6.07) is 3.97. The zero-order valence-corrected chi connectivity index (χ0v) is 11.5. The van der Waals surface area contributed by atoms with Crippen LogP contribution in [0.15, 0.2) is 24.5 Å². The molecule has 1 aliphatic rings. The van der Waals surface area contributed by atoms with E-state index in [1.54, 1.807) is 5.31 Å². The number of nitrogen functional groups attached to an aromatic ring is 1.